The number of nitrogens with one attached hydrogen (secondary N) is 1. The molecule has 0 radical (unpaired) electrons. The zero-order valence-corrected chi connectivity index (χ0v) is 9.84. The van der Waals surface area contributed by atoms with Crippen LogP contribution in [-0.2, 0) is 9.53 Å². The summed E-state index contributed by atoms with van der Waals surface area (Å²) < 4.78 is 4.80. The highest BCUT2D eigenvalue weighted by Crippen LogP contribution is 2.14. The molecule has 0 aromatic heterocycles. The molecule has 16 heavy (non-hydrogen) atoms. The molecule has 1 rings (SSSR count). The van der Waals surface area contributed by atoms with Crippen LogP contribution in [0, 0.1) is 0 Å². The smallest absolute Gasteiger partial charge is 0.325 e. The average Bonchev–Trinajstić information content (AvgIpc) is 2.27. The summed E-state index contributed by atoms with van der Waals surface area (Å²) >= 11 is 4.90. The third-order valence-electron chi connectivity index (χ3n) is 1.92. The van der Waals surface area contributed by atoms with E-state index in [4.69, 9.17) is 22.7 Å². The van der Waals surface area contributed by atoms with E-state index >= 15 is 0 Å². The van der Waals surface area contributed by atoms with Gasteiger partial charge in [-0.1, -0.05) is 24.4 Å². The van der Waals surface area contributed by atoms with Crippen molar-refractivity contribution in [2.45, 2.75) is 6.92 Å². The molecule has 0 atom stereocenters. The van der Waals surface area contributed by atoms with Gasteiger partial charge in [0.15, 0.2) is 0 Å². The molecule has 0 aliphatic heterocycles. The van der Waals surface area contributed by atoms with Crippen LogP contribution in [0.15, 0.2) is 24.3 Å². The van der Waals surface area contributed by atoms with Crippen LogP contribution in [0.2, 0.25) is 0 Å². The van der Waals surface area contributed by atoms with Gasteiger partial charge in [-0.15, -0.1) is 0 Å². The lowest BCUT2D eigenvalue weighted by Gasteiger charge is -2.10. The number of ether oxygens (including phenoxy) is 1. The number of thiocarbonyl (C=S) groups is 1. The number of hydrogen-bond acceptors (Lipinski definition) is 4. The number of nitrogens with two attached hydrogens (primary N) is 1. The molecule has 0 spiro atoms. The molecular weight excluding hydrogens is 224 g/mol. The lowest BCUT2D eigenvalue weighted by atomic mass is 10.2. The van der Waals surface area contributed by atoms with Gasteiger partial charge in [0.1, 0.15) is 11.5 Å². The van der Waals surface area contributed by atoms with Gasteiger partial charge in [-0.2, -0.15) is 0 Å². The van der Waals surface area contributed by atoms with E-state index in [9.17, 15) is 4.79 Å². The predicted octanol–water partition coefficient (Wildman–Crippen LogP) is 1.30. The number of carbonyl (C=O) groups excluding carboxylic acids is 1. The summed E-state index contributed by atoms with van der Waals surface area (Å²) in [6, 6.07) is 7.29. The number of carbonyl (C=O) groups is 1. The molecule has 5 heteroatoms. The van der Waals surface area contributed by atoms with Crippen LogP contribution in [0.3, 0.4) is 0 Å². The van der Waals surface area contributed by atoms with E-state index in [0.29, 0.717) is 11.6 Å². The predicted molar refractivity (Wildman–Crippen MR) is 67.5 cm³/mol. The minimum absolute atomic E-state index is 0.105. The SMILES string of the molecule is CCOC(=O)CNc1ccccc1C(N)=S. The van der Waals surface area contributed by atoms with Gasteiger partial charge in [0.2, 0.25) is 0 Å². The Kier molecular flexibility index (Phi) is 4.72. The first-order valence-electron chi connectivity index (χ1n) is 4.93. The molecule has 0 amide bonds. The summed E-state index contributed by atoms with van der Waals surface area (Å²) in [6.45, 7) is 2.24. The molecule has 0 unspecified atom stereocenters. The van der Waals surface area contributed by atoms with Crippen molar-refractivity contribution in [1.82, 2.24) is 0 Å². The standard InChI is InChI=1S/C11H14N2O2S/c1-2-15-10(14)7-13-9-6-4-3-5-8(9)11(12)16/h3-6,13H,2,7H2,1H3,(H2,12,16). The maximum absolute atomic E-state index is 11.1. The molecule has 4 nitrogen and oxygen atoms in total. The van der Waals surface area contributed by atoms with E-state index in [2.05, 4.69) is 5.32 Å². The third kappa shape index (κ3) is 3.51. The molecule has 1 aromatic carbocycles. The second kappa shape index (κ2) is 6.07. The van der Waals surface area contributed by atoms with Gasteiger partial charge < -0.3 is 15.8 Å². The van der Waals surface area contributed by atoms with Crippen molar-refractivity contribution < 1.29 is 9.53 Å². The molecule has 0 bridgehead atoms. The zero-order chi connectivity index (χ0) is 12.0. The highest BCUT2D eigenvalue weighted by atomic mass is 32.1. The first-order chi connectivity index (χ1) is 7.65. The minimum atomic E-state index is -0.305. The van der Waals surface area contributed by atoms with E-state index < -0.39 is 0 Å². The summed E-state index contributed by atoms with van der Waals surface area (Å²) in [5.41, 5.74) is 7.02. The van der Waals surface area contributed by atoms with Crippen molar-refractivity contribution in [3.8, 4) is 0 Å². The van der Waals surface area contributed by atoms with Gasteiger partial charge in [-0.25, -0.2) is 0 Å². The number of anilines is 1. The quantitative estimate of drug-likeness (QED) is 0.598. The number of rotatable bonds is 5. The Balaban J connectivity index is 2.66. The van der Waals surface area contributed by atoms with Crippen LogP contribution in [0.25, 0.3) is 0 Å². The lowest BCUT2D eigenvalue weighted by Crippen LogP contribution is -2.19. The van der Waals surface area contributed by atoms with Gasteiger partial charge in [0.25, 0.3) is 0 Å². The number of para-hydroxylation sites is 1. The monoisotopic (exact) mass is 238 g/mol. The fraction of sp³-hybridized carbons (Fsp3) is 0.273. The molecule has 0 fully saturated rings. The third-order valence-corrected chi connectivity index (χ3v) is 2.14. The fourth-order valence-electron chi connectivity index (χ4n) is 1.23. The Bertz CT molecular complexity index is 393. The van der Waals surface area contributed by atoms with Crippen LogP contribution >= 0.6 is 12.2 Å². The van der Waals surface area contributed by atoms with Crippen molar-refractivity contribution >= 4 is 28.9 Å². The van der Waals surface area contributed by atoms with Gasteiger partial charge in [0.05, 0.1) is 6.61 Å². The van der Waals surface area contributed by atoms with Gasteiger partial charge in [-0.3, -0.25) is 4.79 Å². The molecule has 86 valence electrons. The van der Waals surface area contributed by atoms with Crippen molar-refractivity contribution in [2.24, 2.45) is 5.73 Å². The summed E-state index contributed by atoms with van der Waals surface area (Å²) in [5.74, 6) is -0.305. The Morgan fingerprint density at radius 1 is 1.50 bits per heavy atom. The summed E-state index contributed by atoms with van der Waals surface area (Å²) in [4.78, 5) is 11.4. The molecule has 1 aromatic rings. The van der Waals surface area contributed by atoms with Crippen LogP contribution < -0.4 is 11.1 Å². The van der Waals surface area contributed by atoms with Crippen LogP contribution in [-0.4, -0.2) is 24.1 Å². The Morgan fingerprint density at radius 3 is 2.81 bits per heavy atom. The molecule has 0 saturated carbocycles. The highest BCUT2D eigenvalue weighted by molar-refractivity contribution is 7.80. The van der Waals surface area contributed by atoms with Crippen molar-refractivity contribution in [3.05, 3.63) is 29.8 Å². The molecule has 0 saturated heterocycles. The van der Waals surface area contributed by atoms with Crippen LogP contribution in [0.5, 0.6) is 0 Å². The summed E-state index contributed by atoms with van der Waals surface area (Å²) in [6.07, 6.45) is 0. The summed E-state index contributed by atoms with van der Waals surface area (Å²) in [7, 11) is 0. The number of esters is 1. The number of benzene rings is 1. The van der Waals surface area contributed by atoms with Crippen molar-refractivity contribution in [1.29, 1.82) is 0 Å². The summed E-state index contributed by atoms with van der Waals surface area (Å²) in [5, 5.41) is 2.94. The van der Waals surface area contributed by atoms with Crippen molar-refractivity contribution in [3.63, 3.8) is 0 Å². The molecule has 0 aliphatic rings. The highest BCUT2D eigenvalue weighted by Gasteiger charge is 2.06. The lowest BCUT2D eigenvalue weighted by molar-refractivity contribution is -0.140. The number of hydrogen-bond donors (Lipinski definition) is 2. The maximum atomic E-state index is 11.1. The first-order valence-corrected chi connectivity index (χ1v) is 5.34. The fourth-order valence-corrected chi connectivity index (χ4v) is 1.41. The minimum Gasteiger partial charge on any atom is -0.465 e. The zero-order valence-electron chi connectivity index (χ0n) is 9.03. The Hall–Kier alpha value is -1.62. The second-order valence-electron chi connectivity index (χ2n) is 3.07. The van der Waals surface area contributed by atoms with E-state index in [-0.39, 0.29) is 12.5 Å². The van der Waals surface area contributed by atoms with E-state index in [1.54, 1.807) is 13.0 Å². The van der Waals surface area contributed by atoms with Gasteiger partial charge >= 0.3 is 5.97 Å². The maximum Gasteiger partial charge on any atom is 0.325 e. The van der Waals surface area contributed by atoms with Crippen molar-refractivity contribution in [2.75, 3.05) is 18.5 Å². The van der Waals surface area contributed by atoms with Crippen LogP contribution in [0.4, 0.5) is 5.69 Å². The molecule has 3 N–H and O–H groups in total. The van der Waals surface area contributed by atoms with Crippen LogP contribution in [0.1, 0.15) is 12.5 Å². The first kappa shape index (κ1) is 12.4. The normalized spacial score (nSPS) is 9.56. The van der Waals surface area contributed by atoms with E-state index in [0.717, 1.165) is 11.3 Å². The van der Waals surface area contributed by atoms with E-state index in [1.807, 2.05) is 18.2 Å². The van der Waals surface area contributed by atoms with Gasteiger partial charge in [0, 0.05) is 11.3 Å². The average molecular weight is 238 g/mol. The molecule has 0 aliphatic carbocycles. The second-order valence-corrected chi connectivity index (χ2v) is 3.51. The van der Waals surface area contributed by atoms with Gasteiger partial charge in [-0.05, 0) is 19.1 Å². The van der Waals surface area contributed by atoms with E-state index in [1.165, 1.54) is 0 Å². The Labute approximate surface area is 99.8 Å². The Morgan fingerprint density at radius 2 is 2.19 bits per heavy atom. The molecule has 0 heterocycles. The molecular formula is C11H14N2O2S. The largest absolute Gasteiger partial charge is 0.465 e. The topological polar surface area (TPSA) is 64.3 Å².